The van der Waals surface area contributed by atoms with Crippen LogP contribution in [0.4, 0.5) is 0 Å². The highest BCUT2D eigenvalue weighted by Gasteiger charge is 2.02. The molecule has 72 valence electrons. The van der Waals surface area contributed by atoms with Gasteiger partial charge in [-0.2, -0.15) is 0 Å². The molecule has 2 heteroatoms. The second kappa shape index (κ2) is 4.28. The molecule has 0 spiro atoms. The standard InChI is InChI=1S/C12H12S2/c1-13-11-7-9-5-3-4-6-10(9)8-12(11)14-2/h3-8H,1-2H3. The lowest BCUT2D eigenvalue weighted by Gasteiger charge is -2.06. The van der Waals surface area contributed by atoms with Gasteiger partial charge < -0.3 is 0 Å². The molecule has 0 aliphatic heterocycles. The van der Waals surface area contributed by atoms with Crippen molar-refractivity contribution >= 4 is 34.3 Å². The van der Waals surface area contributed by atoms with Gasteiger partial charge in [-0.1, -0.05) is 24.3 Å². The summed E-state index contributed by atoms with van der Waals surface area (Å²) in [4.78, 5) is 2.74. The van der Waals surface area contributed by atoms with Crippen LogP contribution in [-0.2, 0) is 0 Å². The summed E-state index contributed by atoms with van der Waals surface area (Å²) in [7, 11) is 0. The van der Waals surface area contributed by atoms with Gasteiger partial charge >= 0.3 is 0 Å². The largest absolute Gasteiger partial charge is 0.128 e. The van der Waals surface area contributed by atoms with Crippen LogP contribution in [0.1, 0.15) is 0 Å². The summed E-state index contributed by atoms with van der Waals surface area (Å²) in [5.41, 5.74) is 0. The van der Waals surface area contributed by atoms with Crippen LogP contribution >= 0.6 is 23.5 Å². The Morgan fingerprint density at radius 2 is 1.21 bits per heavy atom. The van der Waals surface area contributed by atoms with Gasteiger partial charge in [0.25, 0.3) is 0 Å². The number of rotatable bonds is 2. The zero-order valence-corrected chi connectivity index (χ0v) is 9.91. The zero-order valence-electron chi connectivity index (χ0n) is 8.28. The van der Waals surface area contributed by atoms with Gasteiger partial charge in [0.1, 0.15) is 0 Å². The first-order valence-electron chi connectivity index (χ1n) is 4.46. The van der Waals surface area contributed by atoms with E-state index in [1.165, 1.54) is 20.6 Å². The van der Waals surface area contributed by atoms with E-state index in [2.05, 4.69) is 48.9 Å². The Bertz CT molecular complexity index is 407. The van der Waals surface area contributed by atoms with E-state index in [4.69, 9.17) is 0 Å². The molecule has 0 atom stereocenters. The Balaban J connectivity index is 2.69. The number of thioether (sulfide) groups is 2. The fourth-order valence-electron chi connectivity index (χ4n) is 1.52. The molecular weight excluding hydrogens is 208 g/mol. The lowest BCUT2D eigenvalue weighted by Crippen LogP contribution is -1.79. The van der Waals surface area contributed by atoms with Crippen molar-refractivity contribution in [3.8, 4) is 0 Å². The minimum atomic E-state index is 1.33. The van der Waals surface area contributed by atoms with Crippen molar-refractivity contribution in [1.82, 2.24) is 0 Å². The van der Waals surface area contributed by atoms with Crippen LogP contribution in [0.3, 0.4) is 0 Å². The van der Waals surface area contributed by atoms with Crippen LogP contribution < -0.4 is 0 Å². The molecule has 2 rings (SSSR count). The molecule has 0 bridgehead atoms. The van der Waals surface area contributed by atoms with E-state index >= 15 is 0 Å². The van der Waals surface area contributed by atoms with E-state index in [-0.39, 0.29) is 0 Å². The number of fused-ring (bicyclic) bond motifs is 1. The minimum absolute atomic E-state index is 1.33. The molecule has 0 aliphatic rings. The fraction of sp³-hybridized carbons (Fsp3) is 0.167. The van der Waals surface area contributed by atoms with Gasteiger partial charge in [0, 0.05) is 9.79 Å². The smallest absolute Gasteiger partial charge is 0.0211 e. The maximum atomic E-state index is 2.27. The highest BCUT2D eigenvalue weighted by atomic mass is 32.2. The van der Waals surface area contributed by atoms with Gasteiger partial charge in [-0.3, -0.25) is 0 Å². The lowest BCUT2D eigenvalue weighted by molar-refractivity contribution is 1.29. The van der Waals surface area contributed by atoms with Gasteiger partial charge in [0.2, 0.25) is 0 Å². The Hall–Kier alpha value is -0.600. The van der Waals surface area contributed by atoms with Crippen LogP contribution in [0, 0.1) is 0 Å². The van der Waals surface area contributed by atoms with E-state index in [0.29, 0.717) is 0 Å². The van der Waals surface area contributed by atoms with Crippen molar-refractivity contribution in [2.75, 3.05) is 12.5 Å². The highest BCUT2D eigenvalue weighted by Crippen LogP contribution is 2.32. The van der Waals surface area contributed by atoms with Crippen LogP contribution in [0.2, 0.25) is 0 Å². The van der Waals surface area contributed by atoms with E-state index in [0.717, 1.165) is 0 Å². The maximum Gasteiger partial charge on any atom is 0.0211 e. The lowest BCUT2D eigenvalue weighted by atomic mass is 10.1. The molecule has 2 aromatic rings. The summed E-state index contributed by atoms with van der Waals surface area (Å²) in [5.74, 6) is 0. The van der Waals surface area contributed by atoms with E-state index in [9.17, 15) is 0 Å². The Kier molecular flexibility index (Phi) is 3.04. The molecule has 0 radical (unpaired) electrons. The molecule has 0 aromatic heterocycles. The topological polar surface area (TPSA) is 0 Å². The summed E-state index contributed by atoms with van der Waals surface area (Å²) >= 11 is 3.63. The first kappa shape index (κ1) is 9.94. The van der Waals surface area contributed by atoms with Crippen molar-refractivity contribution in [3.63, 3.8) is 0 Å². The molecule has 0 N–H and O–H groups in total. The summed E-state index contributed by atoms with van der Waals surface area (Å²) in [6.45, 7) is 0. The second-order valence-corrected chi connectivity index (χ2v) is 4.75. The van der Waals surface area contributed by atoms with Gasteiger partial charge in [0.05, 0.1) is 0 Å². The first-order valence-corrected chi connectivity index (χ1v) is 6.91. The third kappa shape index (κ3) is 1.77. The summed E-state index contributed by atoms with van der Waals surface area (Å²) in [6, 6.07) is 13.0. The number of hydrogen-bond acceptors (Lipinski definition) is 2. The quantitative estimate of drug-likeness (QED) is 0.693. The van der Waals surface area contributed by atoms with Crippen molar-refractivity contribution in [2.45, 2.75) is 9.79 Å². The molecular formula is C12H12S2. The fourth-order valence-corrected chi connectivity index (χ4v) is 3.03. The van der Waals surface area contributed by atoms with Crippen LogP contribution in [-0.4, -0.2) is 12.5 Å². The molecule has 0 unspecified atom stereocenters. The van der Waals surface area contributed by atoms with Crippen LogP contribution in [0.5, 0.6) is 0 Å². The van der Waals surface area contributed by atoms with Crippen LogP contribution in [0.15, 0.2) is 46.2 Å². The van der Waals surface area contributed by atoms with Crippen molar-refractivity contribution in [2.24, 2.45) is 0 Å². The number of benzene rings is 2. The summed E-state index contributed by atoms with van der Waals surface area (Å²) in [5, 5.41) is 2.66. The third-order valence-corrected chi connectivity index (χ3v) is 3.94. The van der Waals surface area contributed by atoms with E-state index in [1.807, 2.05) is 23.5 Å². The van der Waals surface area contributed by atoms with Crippen LogP contribution in [0.25, 0.3) is 10.8 Å². The molecule has 0 aliphatic carbocycles. The monoisotopic (exact) mass is 220 g/mol. The molecule has 0 nitrogen and oxygen atoms in total. The summed E-state index contributed by atoms with van der Waals surface area (Å²) < 4.78 is 0. The van der Waals surface area contributed by atoms with Gasteiger partial charge in [-0.15, -0.1) is 23.5 Å². The average Bonchev–Trinajstić information content (AvgIpc) is 2.27. The average molecular weight is 220 g/mol. The van der Waals surface area contributed by atoms with Crippen molar-refractivity contribution in [3.05, 3.63) is 36.4 Å². The summed E-state index contributed by atoms with van der Waals surface area (Å²) in [6.07, 6.45) is 4.26. The van der Waals surface area contributed by atoms with Gasteiger partial charge in [-0.05, 0) is 35.4 Å². The molecule has 14 heavy (non-hydrogen) atoms. The Morgan fingerprint density at radius 1 is 0.786 bits per heavy atom. The number of hydrogen-bond donors (Lipinski definition) is 0. The predicted octanol–water partition coefficient (Wildman–Crippen LogP) is 4.28. The Morgan fingerprint density at radius 3 is 1.57 bits per heavy atom. The molecule has 0 saturated heterocycles. The van der Waals surface area contributed by atoms with E-state index < -0.39 is 0 Å². The molecule has 0 fully saturated rings. The maximum absolute atomic E-state index is 2.27. The van der Waals surface area contributed by atoms with Gasteiger partial charge in [0.15, 0.2) is 0 Å². The molecule has 0 amide bonds. The first-order chi connectivity index (χ1) is 6.85. The second-order valence-electron chi connectivity index (χ2n) is 3.05. The normalized spacial score (nSPS) is 10.7. The minimum Gasteiger partial charge on any atom is -0.128 e. The molecule has 2 aromatic carbocycles. The third-order valence-electron chi connectivity index (χ3n) is 2.25. The zero-order chi connectivity index (χ0) is 9.97. The van der Waals surface area contributed by atoms with E-state index in [1.54, 1.807) is 0 Å². The SMILES string of the molecule is CSc1cc2ccccc2cc1SC. The predicted molar refractivity (Wildman–Crippen MR) is 67.5 cm³/mol. The highest BCUT2D eigenvalue weighted by molar-refractivity contribution is 8.01. The van der Waals surface area contributed by atoms with Gasteiger partial charge in [-0.25, -0.2) is 0 Å². The van der Waals surface area contributed by atoms with Crippen molar-refractivity contribution in [1.29, 1.82) is 0 Å². The molecule has 0 saturated carbocycles. The molecule has 0 heterocycles. The van der Waals surface area contributed by atoms with Crippen molar-refractivity contribution < 1.29 is 0 Å². The Labute approximate surface area is 93.1 Å².